The van der Waals surface area contributed by atoms with Crippen LogP contribution in [0.2, 0.25) is 0 Å². The molecule has 146 valence electrons. The summed E-state index contributed by atoms with van der Waals surface area (Å²) in [6, 6.07) is 4.45. The molecule has 2 heterocycles. The van der Waals surface area contributed by atoms with Gasteiger partial charge in [0, 0.05) is 19.1 Å². The van der Waals surface area contributed by atoms with Crippen LogP contribution in [0, 0.1) is 0 Å². The highest BCUT2D eigenvalue weighted by Gasteiger charge is 2.40. The number of piperidine rings is 1. The molecule has 1 fully saturated rings. The van der Waals surface area contributed by atoms with Crippen LogP contribution in [-0.4, -0.2) is 54.6 Å². The first kappa shape index (κ1) is 19.5. The minimum atomic E-state index is -0.455. The van der Waals surface area contributed by atoms with Gasteiger partial charge in [0.2, 0.25) is 0 Å². The molecule has 0 bridgehead atoms. The largest absolute Gasteiger partial charge is 0.493 e. The third-order valence-corrected chi connectivity index (χ3v) is 5.17. The normalized spacial score (nSPS) is 26.2. The molecule has 3 atom stereocenters. The number of hydrogen-bond acceptors (Lipinski definition) is 5. The maximum Gasteiger partial charge on any atom is 0.161 e. The number of methoxy groups -OCH3 is 1. The van der Waals surface area contributed by atoms with E-state index < -0.39 is 6.10 Å². The Morgan fingerprint density at radius 3 is 2.65 bits per heavy atom. The van der Waals surface area contributed by atoms with Crippen LogP contribution in [0.4, 0.5) is 0 Å². The van der Waals surface area contributed by atoms with E-state index in [0.717, 1.165) is 37.4 Å². The van der Waals surface area contributed by atoms with Gasteiger partial charge in [0.15, 0.2) is 11.5 Å². The molecule has 0 aromatic heterocycles. The van der Waals surface area contributed by atoms with Crippen LogP contribution in [0.15, 0.2) is 12.1 Å². The highest BCUT2D eigenvalue weighted by Crippen LogP contribution is 2.42. The summed E-state index contributed by atoms with van der Waals surface area (Å²) >= 11 is 0. The molecule has 0 radical (unpaired) electrons. The maximum atomic E-state index is 10.7. The van der Waals surface area contributed by atoms with Crippen LogP contribution in [0.3, 0.4) is 0 Å². The van der Waals surface area contributed by atoms with Crippen LogP contribution >= 0.6 is 0 Å². The smallest absolute Gasteiger partial charge is 0.161 e. The fourth-order valence-electron chi connectivity index (χ4n) is 4.04. The Morgan fingerprint density at radius 2 is 2.00 bits per heavy atom. The predicted molar refractivity (Wildman–Crippen MR) is 102 cm³/mol. The van der Waals surface area contributed by atoms with E-state index in [1.807, 2.05) is 20.8 Å². The highest BCUT2D eigenvalue weighted by molar-refractivity contribution is 5.49. The summed E-state index contributed by atoms with van der Waals surface area (Å²) in [4.78, 5) is 2.44. The van der Waals surface area contributed by atoms with Crippen molar-refractivity contribution in [3.63, 3.8) is 0 Å². The molecule has 0 unspecified atom stereocenters. The van der Waals surface area contributed by atoms with Crippen molar-refractivity contribution in [2.75, 3.05) is 26.8 Å². The molecule has 1 saturated heterocycles. The van der Waals surface area contributed by atoms with Gasteiger partial charge in [-0.15, -0.1) is 0 Å². The SMILES string of the molecule is CCCOc1cc2c(cc1OC)[C@H]1C[C@@H](O)[C@H](OC(C)(C)C)CN1CC2. The number of hydrogen-bond donors (Lipinski definition) is 1. The topological polar surface area (TPSA) is 51.2 Å². The molecule has 1 aromatic rings. The molecule has 5 heteroatoms. The molecule has 2 aliphatic heterocycles. The number of fused-ring (bicyclic) bond motifs is 3. The van der Waals surface area contributed by atoms with Crippen LogP contribution in [0.5, 0.6) is 11.5 Å². The first-order valence-electron chi connectivity index (χ1n) is 9.76. The number of rotatable bonds is 5. The second-order valence-electron chi connectivity index (χ2n) is 8.38. The second-order valence-corrected chi connectivity index (χ2v) is 8.38. The van der Waals surface area contributed by atoms with Crippen LogP contribution in [0.25, 0.3) is 0 Å². The van der Waals surface area contributed by atoms with Gasteiger partial charge in [-0.25, -0.2) is 0 Å². The number of aliphatic hydroxyl groups is 1. The molecular weight excluding hydrogens is 330 g/mol. The van der Waals surface area contributed by atoms with Gasteiger partial charge in [0.1, 0.15) is 0 Å². The molecule has 0 spiro atoms. The van der Waals surface area contributed by atoms with Gasteiger partial charge in [0.05, 0.1) is 31.5 Å². The average molecular weight is 363 g/mol. The third kappa shape index (κ3) is 4.16. The Hall–Kier alpha value is -1.30. The summed E-state index contributed by atoms with van der Waals surface area (Å²) in [5.74, 6) is 1.61. The Morgan fingerprint density at radius 1 is 1.23 bits per heavy atom. The molecule has 5 nitrogen and oxygen atoms in total. The van der Waals surface area contributed by atoms with E-state index in [0.29, 0.717) is 13.0 Å². The average Bonchev–Trinajstić information content (AvgIpc) is 2.58. The lowest BCUT2D eigenvalue weighted by Gasteiger charge is -2.46. The van der Waals surface area contributed by atoms with E-state index in [-0.39, 0.29) is 17.7 Å². The summed E-state index contributed by atoms with van der Waals surface area (Å²) in [5, 5.41) is 10.7. The van der Waals surface area contributed by atoms with Crippen molar-refractivity contribution in [1.29, 1.82) is 0 Å². The van der Waals surface area contributed by atoms with E-state index >= 15 is 0 Å². The maximum absolute atomic E-state index is 10.7. The van der Waals surface area contributed by atoms with Crippen molar-refractivity contribution in [2.24, 2.45) is 0 Å². The van der Waals surface area contributed by atoms with Gasteiger partial charge in [0.25, 0.3) is 0 Å². The van der Waals surface area contributed by atoms with Gasteiger partial charge >= 0.3 is 0 Å². The van der Waals surface area contributed by atoms with Crippen LogP contribution in [-0.2, 0) is 11.2 Å². The van der Waals surface area contributed by atoms with Crippen molar-refractivity contribution in [3.05, 3.63) is 23.3 Å². The van der Waals surface area contributed by atoms with Crippen LogP contribution < -0.4 is 9.47 Å². The number of benzene rings is 1. The van der Waals surface area contributed by atoms with E-state index in [1.165, 1.54) is 11.1 Å². The summed E-state index contributed by atoms with van der Waals surface area (Å²) in [5.41, 5.74) is 2.31. The fourth-order valence-corrected chi connectivity index (χ4v) is 4.04. The zero-order valence-corrected chi connectivity index (χ0v) is 16.7. The predicted octanol–water partition coefficient (Wildman–Crippen LogP) is 3.33. The highest BCUT2D eigenvalue weighted by atomic mass is 16.5. The monoisotopic (exact) mass is 363 g/mol. The zero-order chi connectivity index (χ0) is 18.9. The third-order valence-electron chi connectivity index (χ3n) is 5.17. The van der Waals surface area contributed by atoms with E-state index in [1.54, 1.807) is 7.11 Å². The number of nitrogens with zero attached hydrogens (tertiary/aromatic N) is 1. The van der Waals surface area contributed by atoms with Gasteiger partial charge in [-0.05, 0) is 63.3 Å². The molecule has 0 saturated carbocycles. The molecule has 1 N–H and O–H groups in total. The lowest BCUT2D eigenvalue weighted by Crippen LogP contribution is -2.53. The van der Waals surface area contributed by atoms with E-state index in [9.17, 15) is 5.11 Å². The number of aliphatic hydroxyl groups excluding tert-OH is 1. The second kappa shape index (κ2) is 7.75. The molecule has 0 amide bonds. The molecule has 26 heavy (non-hydrogen) atoms. The van der Waals surface area contributed by atoms with Crippen molar-refractivity contribution in [2.45, 2.75) is 70.8 Å². The summed E-state index contributed by atoms with van der Waals surface area (Å²) < 4.78 is 17.5. The first-order chi connectivity index (χ1) is 12.3. The molecular formula is C21H33NO4. The standard InChI is InChI=1S/C21H33NO4/c1-6-9-25-19-10-14-7-8-22-13-20(26-21(2,3)4)17(23)12-16(22)15(14)11-18(19)24-5/h10-11,16-17,20,23H,6-9,12-13H2,1-5H3/t16-,17-,20-/m1/s1. The lowest BCUT2D eigenvalue weighted by atomic mass is 9.84. The van der Waals surface area contributed by atoms with Crippen LogP contribution in [0.1, 0.15) is 57.7 Å². The minimum absolute atomic E-state index is 0.137. The molecule has 3 rings (SSSR count). The molecule has 0 aliphatic carbocycles. The summed E-state index contributed by atoms with van der Waals surface area (Å²) in [6.07, 6.45) is 2.05. The van der Waals surface area contributed by atoms with Crippen molar-refractivity contribution < 1.29 is 19.3 Å². The summed E-state index contributed by atoms with van der Waals surface area (Å²) in [6.45, 7) is 10.7. The van der Waals surface area contributed by atoms with Gasteiger partial charge in [-0.1, -0.05) is 6.92 Å². The Bertz CT molecular complexity index is 625. The lowest BCUT2D eigenvalue weighted by molar-refractivity contribution is -0.149. The van der Waals surface area contributed by atoms with Gasteiger partial charge < -0.3 is 19.3 Å². The molecule has 1 aromatic carbocycles. The Labute approximate surface area is 157 Å². The van der Waals surface area contributed by atoms with Crippen molar-refractivity contribution >= 4 is 0 Å². The van der Waals surface area contributed by atoms with Crippen molar-refractivity contribution in [3.8, 4) is 11.5 Å². The summed E-state index contributed by atoms with van der Waals surface area (Å²) in [7, 11) is 1.68. The van der Waals surface area contributed by atoms with E-state index in [2.05, 4.69) is 24.0 Å². The van der Waals surface area contributed by atoms with Crippen molar-refractivity contribution in [1.82, 2.24) is 4.90 Å². The number of ether oxygens (including phenoxy) is 3. The Balaban J connectivity index is 1.83. The van der Waals surface area contributed by atoms with E-state index in [4.69, 9.17) is 14.2 Å². The zero-order valence-electron chi connectivity index (χ0n) is 16.7. The van der Waals surface area contributed by atoms with Gasteiger partial charge in [-0.2, -0.15) is 0 Å². The quantitative estimate of drug-likeness (QED) is 0.870. The molecule has 2 aliphatic rings. The Kier molecular flexibility index (Phi) is 5.80. The van der Waals surface area contributed by atoms with Gasteiger partial charge in [-0.3, -0.25) is 4.90 Å². The first-order valence-corrected chi connectivity index (χ1v) is 9.76. The minimum Gasteiger partial charge on any atom is -0.493 e. The fraction of sp³-hybridized carbons (Fsp3) is 0.714.